The summed E-state index contributed by atoms with van der Waals surface area (Å²) in [4.78, 5) is 12.6. The number of anilines is 1. The number of carbonyl (C=O) groups is 1. The Labute approximate surface area is 167 Å². The number of aliphatic hydroxyl groups is 1. The van der Waals surface area contributed by atoms with Crippen LogP contribution in [-0.4, -0.2) is 32.1 Å². The first kappa shape index (κ1) is 21.9. The number of aryl methyl sites for hydroxylation is 2. The third kappa shape index (κ3) is 6.07. The highest BCUT2D eigenvalue weighted by atomic mass is 32.2. The predicted octanol–water partition coefficient (Wildman–Crippen LogP) is 3.24. The molecule has 28 heavy (non-hydrogen) atoms. The maximum atomic E-state index is 12.7. The fourth-order valence-electron chi connectivity index (χ4n) is 2.96. The van der Waals surface area contributed by atoms with Crippen LogP contribution in [0.4, 0.5) is 5.69 Å². The fourth-order valence-corrected chi connectivity index (χ4v) is 4.04. The number of hydrogen-bond acceptors (Lipinski definition) is 4. The van der Waals surface area contributed by atoms with Crippen LogP contribution in [0, 0.1) is 19.8 Å². The number of carbonyl (C=O) groups excluding carboxylic acids is 1. The fraction of sp³-hybridized carbons (Fsp3) is 0.381. The Morgan fingerprint density at radius 1 is 1.11 bits per heavy atom. The van der Waals surface area contributed by atoms with Gasteiger partial charge in [0.2, 0.25) is 0 Å². The minimum absolute atomic E-state index is 0.0294. The molecule has 2 aromatic carbocycles. The summed E-state index contributed by atoms with van der Waals surface area (Å²) in [6.07, 6.45) is 0.142. The molecule has 1 amide bonds. The molecule has 0 aliphatic heterocycles. The Morgan fingerprint density at radius 2 is 1.82 bits per heavy atom. The van der Waals surface area contributed by atoms with Gasteiger partial charge >= 0.3 is 0 Å². The van der Waals surface area contributed by atoms with Crippen molar-refractivity contribution in [1.29, 1.82) is 0 Å². The maximum absolute atomic E-state index is 12.7. The SMILES string of the molecule is Cc1cccc(NS(=O)(=O)c2ccc(C)c(C(=O)NC[C@H](C)C[C@@H](C)O)c2)c1. The summed E-state index contributed by atoms with van der Waals surface area (Å²) in [6, 6.07) is 11.6. The van der Waals surface area contributed by atoms with Crippen molar-refractivity contribution >= 4 is 21.6 Å². The van der Waals surface area contributed by atoms with E-state index in [2.05, 4.69) is 10.0 Å². The van der Waals surface area contributed by atoms with Crippen molar-refractivity contribution in [3.05, 3.63) is 59.2 Å². The molecule has 0 fully saturated rings. The highest BCUT2D eigenvalue weighted by Gasteiger charge is 2.19. The van der Waals surface area contributed by atoms with Crippen molar-refractivity contribution in [1.82, 2.24) is 5.32 Å². The molecule has 2 aromatic rings. The molecule has 0 heterocycles. The standard InChI is InChI=1S/C21H28N2O4S/c1-14-6-5-7-18(11-14)23-28(26,27)19-9-8-16(3)20(12-19)21(25)22-13-15(2)10-17(4)24/h5-9,11-12,15,17,23-24H,10,13H2,1-4H3,(H,22,25)/t15-,17-/m1/s1. The molecule has 152 valence electrons. The zero-order valence-electron chi connectivity index (χ0n) is 16.7. The van der Waals surface area contributed by atoms with Gasteiger partial charge < -0.3 is 10.4 Å². The van der Waals surface area contributed by atoms with Gasteiger partial charge in [-0.3, -0.25) is 9.52 Å². The summed E-state index contributed by atoms with van der Waals surface area (Å²) in [5, 5.41) is 12.2. The molecule has 3 N–H and O–H groups in total. The third-order valence-corrected chi connectivity index (χ3v) is 5.77. The van der Waals surface area contributed by atoms with Crippen LogP contribution in [0.3, 0.4) is 0 Å². The van der Waals surface area contributed by atoms with Gasteiger partial charge in [0.05, 0.1) is 11.0 Å². The Bertz CT molecular complexity index is 939. The van der Waals surface area contributed by atoms with Gasteiger partial charge in [0.15, 0.2) is 0 Å². The normalized spacial score (nSPS) is 13.6. The molecule has 0 aliphatic carbocycles. The molecule has 0 unspecified atom stereocenters. The van der Waals surface area contributed by atoms with Crippen LogP contribution in [0.2, 0.25) is 0 Å². The smallest absolute Gasteiger partial charge is 0.261 e. The lowest BCUT2D eigenvalue weighted by atomic mass is 10.0. The first-order valence-corrected chi connectivity index (χ1v) is 10.7. The quantitative estimate of drug-likeness (QED) is 0.629. The van der Waals surface area contributed by atoms with E-state index in [1.54, 1.807) is 38.1 Å². The van der Waals surface area contributed by atoms with E-state index in [1.165, 1.54) is 12.1 Å². The van der Waals surface area contributed by atoms with Gasteiger partial charge in [0.1, 0.15) is 0 Å². The molecule has 0 saturated heterocycles. The average molecular weight is 405 g/mol. The van der Waals surface area contributed by atoms with Gasteiger partial charge in [0, 0.05) is 17.8 Å². The summed E-state index contributed by atoms with van der Waals surface area (Å²) in [6.45, 7) is 7.69. The minimum Gasteiger partial charge on any atom is -0.393 e. The highest BCUT2D eigenvalue weighted by molar-refractivity contribution is 7.92. The second-order valence-corrected chi connectivity index (χ2v) is 9.03. The maximum Gasteiger partial charge on any atom is 0.261 e. The van der Waals surface area contributed by atoms with Crippen LogP contribution in [0.25, 0.3) is 0 Å². The van der Waals surface area contributed by atoms with Crippen molar-refractivity contribution in [2.45, 2.75) is 45.1 Å². The minimum atomic E-state index is -3.81. The summed E-state index contributed by atoms with van der Waals surface area (Å²) < 4.78 is 28.0. The van der Waals surface area contributed by atoms with Crippen molar-refractivity contribution in [2.24, 2.45) is 5.92 Å². The topological polar surface area (TPSA) is 95.5 Å². The summed E-state index contributed by atoms with van der Waals surface area (Å²) in [5.41, 5.74) is 2.42. The van der Waals surface area contributed by atoms with E-state index in [0.29, 0.717) is 29.8 Å². The second kappa shape index (κ2) is 9.21. The number of benzene rings is 2. The number of aliphatic hydroxyl groups excluding tert-OH is 1. The Kier molecular flexibility index (Phi) is 7.21. The number of rotatable bonds is 8. The number of hydrogen-bond donors (Lipinski definition) is 3. The van der Waals surface area contributed by atoms with Gasteiger partial charge in [-0.15, -0.1) is 0 Å². The molecule has 0 spiro atoms. The van der Waals surface area contributed by atoms with Gasteiger partial charge in [-0.2, -0.15) is 0 Å². The number of amides is 1. The van der Waals surface area contributed by atoms with Gasteiger partial charge in [-0.1, -0.05) is 25.1 Å². The average Bonchev–Trinajstić information content (AvgIpc) is 2.59. The monoisotopic (exact) mass is 404 g/mol. The van der Waals surface area contributed by atoms with Gasteiger partial charge in [-0.25, -0.2) is 8.42 Å². The van der Waals surface area contributed by atoms with Crippen LogP contribution in [0.15, 0.2) is 47.4 Å². The van der Waals surface area contributed by atoms with Crippen LogP contribution < -0.4 is 10.0 Å². The highest BCUT2D eigenvalue weighted by Crippen LogP contribution is 2.20. The van der Waals surface area contributed by atoms with E-state index in [-0.39, 0.29) is 16.7 Å². The summed E-state index contributed by atoms with van der Waals surface area (Å²) >= 11 is 0. The molecule has 0 radical (unpaired) electrons. The van der Waals surface area contributed by atoms with E-state index in [4.69, 9.17) is 0 Å². The molecule has 2 atom stereocenters. The zero-order chi connectivity index (χ0) is 20.9. The number of nitrogens with one attached hydrogen (secondary N) is 2. The van der Waals surface area contributed by atoms with E-state index >= 15 is 0 Å². The van der Waals surface area contributed by atoms with Crippen molar-refractivity contribution in [3.63, 3.8) is 0 Å². The van der Waals surface area contributed by atoms with Gasteiger partial charge in [0.25, 0.3) is 15.9 Å². The number of sulfonamides is 1. The molecule has 7 heteroatoms. The Hall–Kier alpha value is -2.38. The van der Waals surface area contributed by atoms with Crippen LogP contribution in [0.1, 0.15) is 41.8 Å². The van der Waals surface area contributed by atoms with Crippen molar-refractivity contribution in [2.75, 3.05) is 11.3 Å². The lowest BCUT2D eigenvalue weighted by Crippen LogP contribution is -2.30. The first-order valence-electron chi connectivity index (χ1n) is 9.25. The van der Waals surface area contributed by atoms with Crippen LogP contribution in [0.5, 0.6) is 0 Å². The van der Waals surface area contributed by atoms with E-state index < -0.39 is 16.1 Å². The van der Waals surface area contributed by atoms with E-state index in [9.17, 15) is 18.3 Å². The van der Waals surface area contributed by atoms with Crippen LogP contribution >= 0.6 is 0 Å². The van der Waals surface area contributed by atoms with Gasteiger partial charge in [-0.05, 0) is 68.5 Å². The van der Waals surface area contributed by atoms with Crippen molar-refractivity contribution in [3.8, 4) is 0 Å². The van der Waals surface area contributed by atoms with Crippen LogP contribution in [-0.2, 0) is 10.0 Å². The summed E-state index contributed by atoms with van der Waals surface area (Å²) in [5.74, 6) is -0.221. The Balaban J connectivity index is 2.18. The lowest BCUT2D eigenvalue weighted by Gasteiger charge is -2.15. The molecule has 0 bridgehead atoms. The molecular formula is C21H28N2O4S. The predicted molar refractivity (Wildman–Crippen MR) is 111 cm³/mol. The largest absolute Gasteiger partial charge is 0.393 e. The summed E-state index contributed by atoms with van der Waals surface area (Å²) in [7, 11) is -3.81. The molecule has 0 aliphatic rings. The molecular weight excluding hydrogens is 376 g/mol. The molecule has 0 aromatic heterocycles. The zero-order valence-corrected chi connectivity index (χ0v) is 17.5. The molecule has 6 nitrogen and oxygen atoms in total. The van der Waals surface area contributed by atoms with Crippen molar-refractivity contribution < 1.29 is 18.3 Å². The molecule has 0 saturated carbocycles. The lowest BCUT2D eigenvalue weighted by molar-refractivity contribution is 0.0938. The molecule has 2 rings (SSSR count). The van der Waals surface area contributed by atoms with E-state index in [0.717, 1.165) is 5.56 Å². The Morgan fingerprint density at radius 3 is 2.46 bits per heavy atom. The second-order valence-electron chi connectivity index (χ2n) is 7.35. The third-order valence-electron chi connectivity index (χ3n) is 4.39. The van der Waals surface area contributed by atoms with E-state index in [1.807, 2.05) is 19.9 Å². The first-order chi connectivity index (χ1) is 13.1.